The molecule has 4 atom stereocenters. The van der Waals surface area contributed by atoms with E-state index >= 15 is 0 Å². The number of ether oxygens (including phenoxy) is 2. The van der Waals surface area contributed by atoms with Gasteiger partial charge in [-0.2, -0.15) is 12.7 Å². The highest BCUT2D eigenvalue weighted by Crippen LogP contribution is 2.39. The number of benzene rings is 2. The van der Waals surface area contributed by atoms with Crippen LogP contribution in [0.3, 0.4) is 0 Å². The Bertz CT molecular complexity index is 1370. The van der Waals surface area contributed by atoms with Crippen molar-refractivity contribution in [3.8, 4) is 0 Å². The average Bonchev–Trinajstić information content (AvgIpc) is 3.54. The van der Waals surface area contributed by atoms with Gasteiger partial charge in [0.1, 0.15) is 24.4 Å². The summed E-state index contributed by atoms with van der Waals surface area (Å²) in [5.41, 5.74) is 0. The maximum atomic E-state index is 12.9. The van der Waals surface area contributed by atoms with Crippen LogP contribution in [0.25, 0.3) is 0 Å². The van der Waals surface area contributed by atoms with Gasteiger partial charge < -0.3 is 24.1 Å². The lowest BCUT2D eigenvalue weighted by Gasteiger charge is -2.43. The minimum absolute atomic E-state index is 0.106. The van der Waals surface area contributed by atoms with Crippen molar-refractivity contribution in [3.63, 3.8) is 0 Å². The number of rotatable bonds is 10. The van der Waals surface area contributed by atoms with Gasteiger partial charge >= 0.3 is 10.2 Å². The van der Waals surface area contributed by atoms with E-state index in [1.54, 1.807) is 13.8 Å². The summed E-state index contributed by atoms with van der Waals surface area (Å²) in [6.07, 6.45) is -2.35. The third-order valence-corrected chi connectivity index (χ3v) is 14.1. The molecule has 0 amide bonds. The SMILES string of the molecule is CN(C)S(=O)(=O)n1ccnc1C(O)[C@H]1OC(C)(C)O[C@@H]1[C@H](O)CO[Si](c1ccccc1)(c1ccccc1)C(C)(C)C. The second-order valence-electron chi connectivity index (χ2n) is 11.9. The Labute approximate surface area is 243 Å². The van der Waals surface area contributed by atoms with Crippen LogP contribution in [0, 0.1) is 0 Å². The van der Waals surface area contributed by atoms with Crippen molar-refractivity contribution in [3.05, 3.63) is 78.9 Å². The predicted octanol–water partition coefficient (Wildman–Crippen LogP) is 2.03. The molecule has 0 spiro atoms. The van der Waals surface area contributed by atoms with Crippen LogP contribution in [-0.4, -0.2) is 85.0 Å². The summed E-state index contributed by atoms with van der Waals surface area (Å²) in [4.78, 5) is 4.11. The topological polar surface area (TPSA) is 123 Å². The van der Waals surface area contributed by atoms with Gasteiger partial charge in [-0.05, 0) is 29.3 Å². The zero-order chi connectivity index (χ0) is 30.2. The Morgan fingerprint density at radius 1 is 1.00 bits per heavy atom. The Kier molecular flexibility index (Phi) is 8.98. The van der Waals surface area contributed by atoms with Gasteiger partial charge in [-0.1, -0.05) is 81.4 Å². The van der Waals surface area contributed by atoms with E-state index in [1.807, 2.05) is 36.4 Å². The molecule has 3 aromatic rings. The van der Waals surface area contributed by atoms with E-state index in [0.29, 0.717) is 0 Å². The van der Waals surface area contributed by atoms with Crippen LogP contribution >= 0.6 is 0 Å². The molecular weight excluding hydrogens is 562 g/mol. The molecule has 2 heterocycles. The summed E-state index contributed by atoms with van der Waals surface area (Å²) in [5, 5.41) is 24.8. The fourth-order valence-corrected chi connectivity index (χ4v) is 11.0. The first-order chi connectivity index (χ1) is 19.1. The van der Waals surface area contributed by atoms with E-state index in [9.17, 15) is 18.6 Å². The molecule has 1 saturated heterocycles. The monoisotopic (exact) mass is 603 g/mol. The molecule has 0 aliphatic carbocycles. The van der Waals surface area contributed by atoms with E-state index in [0.717, 1.165) is 18.7 Å². The molecule has 10 nitrogen and oxygen atoms in total. The first kappa shape index (κ1) is 31.5. The maximum absolute atomic E-state index is 12.9. The van der Waals surface area contributed by atoms with Crippen molar-refractivity contribution in [1.82, 2.24) is 13.3 Å². The molecule has 12 heteroatoms. The van der Waals surface area contributed by atoms with Crippen LogP contribution in [0.2, 0.25) is 5.04 Å². The van der Waals surface area contributed by atoms with Gasteiger partial charge in [0.25, 0.3) is 8.32 Å². The summed E-state index contributed by atoms with van der Waals surface area (Å²) >= 11 is 0. The highest BCUT2D eigenvalue weighted by atomic mass is 32.2. The Hall–Kier alpha value is -2.42. The first-order valence-corrected chi connectivity index (χ1v) is 16.9. The minimum atomic E-state index is -3.96. The normalized spacial score (nSPS) is 21.2. The summed E-state index contributed by atoms with van der Waals surface area (Å²) in [5.74, 6) is -1.30. The van der Waals surface area contributed by atoms with Gasteiger partial charge in [-0.15, -0.1) is 0 Å². The quantitative estimate of drug-likeness (QED) is 0.338. The summed E-state index contributed by atoms with van der Waals surface area (Å²) in [7, 11) is -4.16. The van der Waals surface area contributed by atoms with Crippen molar-refractivity contribution in [2.45, 2.75) is 69.9 Å². The molecule has 1 aliphatic rings. The number of imidazole rings is 1. The lowest BCUT2D eigenvalue weighted by atomic mass is 10.0. The molecule has 0 saturated carbocycles. The number of aliphatic hydroxyl groups is 2. The van der Waals surface area contributed by atoms with E-state index in [4.69, 9.17) is 13.9 Å². The van der Waals surface area contributed by atoms with Gasteiger partial charge in [-0.3, -0.25) is 0 Å². The van der Waals surface area contributed by atoms with E-state index in [1.165, 1.54) is 26.5 Å². The fraction of sp³-hybridized carbons (Fsp3) is 0.483. The zero-order valence-corrected chi connectivity index (χ0v) is 26.4. The van der Waals surface area contributed by atoms with Gasteiger partial charge in [0.2, 0.25) is 0 Å². The number of nitrogens with zero attached hydrogens (tertiary/aromatic N) is 3. The molecule has 2 N–H and O–H groups in total. The number of hydrogen-bond acceptors (Lipinski definition) is 8. The van der Waals surface area contributed by atoms with Gasteiger partial charge in [-0.25, -0.2) is 8.96 Å². The molecule has 0 bridgehead atoms. The van der Waals surface area contributed by atoms with Crippen LogP contribution in [-0.2, 0) is 24.1 Å². The highest BCUT2D eigenvalue weighted by molar-refractivity contribution is 7.87. The Morgan fingerprint density at radius 2 is 1.51 bits per heavy atom. The minimum Gasteiger partial charge on any atom is -0.405 e. The number of aliphatic hydroxyl groups excluding tert-OH is 2. The van der Waals surface area contributed by atoms with Crippen molar-refractivity contribution in [2.75, 3.05) is 20.7 Å². The predicted molar refractivity (Wildman–Crippen MR) is 159 cm³/mol. The first-order valence-electron chi connectivity index (χ1n) is 13.5. The van der Waals surface area contributed by atoms with Crippen molar-refractivity contribution in [1.29, 1.82) is 0 Å². The summed E-state index contributed by atoms with van der Waals surface area (Å²) in [6.45, 7) is 9.66. The molecule has 1 fully saturated rings. The standard InChI is InChI=1S/C29H41N3O7SSi/c1-28(2,3)41(21-14-10-8-11-15-21,22-16-12-9-13-17-22)37-20-23(33)25-26(39-29(4,5)38-25)24(34)27-30-18-19-32(27)40(35,36)31(6)7/h8-19,23-26,33-34H,20H2,1-7H3/t23-,24?,25-,26-/m1/s1. The lowest BCUT2D eigenvalue weighted by Crippen LogP contribution is -2.67. The second-order valence-corrected chi connectivity index (χ2v) is 18.2. The zero-order valence-electron chi connectivity index (χ0n) is 24.6. The molecule has 1 aromatic heterocycles. The number of hydrogen-bond donors (Lipinski definition) is 2. The number of aromatic nitrogens is 2. The Balaban J connectivity index is 1.68. The molecule has 1 aliphatic heterocycles. The van der Waals surface area contributed by atoms with Crippen molar-refractivity contribution in [2.24, 2.45) is 0 Å². The van der Waals surface area contributed by atoms with Gasteiger partial charge in [0, 0.05) is 26.5 Å². The van der Waals surface area contributed by atoms with Crippen LogP contribution in [0.5, 0.6) is 0 Å². The second kappa shape index (κ2) is 11.7. The molecular formula is C29H41N3O7SSi. The highest BCUT2D eigenvalue weighted by Gasteiger charge is 2.53. The van der Waals surface area contributed by atoms with Crippen LogP contribution < -0.4 is 10.4 Å². The maximum Gasteiger partial charge on any atom is 0.308 e. The van der Waals surface area contributed by atoms with E-state index in [2.05, 4.69) is 50.0 Å². The molecule has 41 heavy (non-hydrogen) atoms. The Morgan fingerprint density at radius 3 is 2.00 bits per heavy atom. The average molecular weight is 604 g/mol. The van der Waals surface area contributed by atoms with Crippen molar-refractivity contribution < 1.29 is 32.5 Å². The van der Waals surface area contributed by atoms with Gasteiger partial charge in [0.05, 0.1) is 6.61 Å². The molecule has 4 rings (SSSR count). The fourth-order valence-electron chi connectivity index (χ4n) is 5.45. The third kappa shape index (κ3) is 6.06. The molecule has 2 aromatic carbocycles. The van der Waals surface area contributed by atoms with Crippen LogP contribution in [0.1, 0.15) is 46.5 Å². The van der Waals surface area contributed by atoms with E-state index in [-0.39, 0.29) is 17.5 Å². The third-order valence-electron chi connectivity index (χ3n) is 7.35. The van der Waals surface area contributed by atoms with Crippen LogP contribution in [0.4, 0.5) is 0 Å². The van der Waals surface area contributed by atoms with E-state index < -0.39 is 48.7 Å². The lowest BCUT2D eigenvalue weighted by molar-refractivity contribution is -0.162. The summed E-state index contributed by atoms with van der Waals surface area (Å²) < 4.78 is 46.6. The van der Waals surface area contributed by atoms with Gasteiger partial charge in [0.15, 0.2) is 11.6 Å². The van der Waals surface area contributed by atoms with Crippen molar-refractivity contribution >= 4 is 28.9 Å². The molecule has 224 valence electrons. The molecule has 1 unspecified atom stereocenters. The summed E-state index contributed by atoms with van der Waals surface area (Å²) in [6, 6.07) is 20.1. The molecule has 0 radical (unpaired) electrons. The largest absolute Gasteiger partial charge is 0.405 e. The van der Waals surface area contributed by atoms with Crippen LogP contribution in [0.15, 0.2) is 73.1 Å². The smallest absolute Gasteiger partial charge is 0.308 e.